The highest BCUT2D eigenvalue weighted by atomic mass is 32.2. The quantitative estimate of drug-likeness (QED) is 0.795. The topological polar surface area (TPSA) is 92.9 Å². The molecule has 8 heteroatoms. The van der Waals surface area contributed by atoms with Crippen LogP contribution >= 0.6 is 11.8 Å². The smallest absolute Gasteiger partial charge is 0.352 e. The number of carbonyl (C=O) groups is 2. The molecule has 0 aromatic heterocycles. The van der Waals surface area contributed by atoms with E-state index in [-0.39, 0.29) is 17.7 Å². The fourth-order valence-electron chi connectivity index (χ4n) is 2.42. The summed E-state index contributed by atoms with van der Waals surface area (Å²) in [5.74, 6) is -1.33. The van der Waals surface area contributed by atoms with Crippen molar-refractivity contribution >= 4 is 23.6 Å². The van der Waals surface area contributed by atoms with Gasteiger partial charge in [0.1, 0.15) is 35.3 Å². The minimum absolute atomic E-state index is 0.0240. The molecule has 2 atom stereocenters. The van der Waals surface area contributed by atoms with Crippen molar-refractivity contribution in [2.45, 2.75) is 11.4 Å². The summed E-state index contributed by atoms with van der Waals surface area (Å²) in [6, 6.07) is 4.92. The molecule has 3 N–H and O–H groups in total. The first kappa shape index (κ1) is 14.9. The standard InChI is InChI=1S/C14H13FN2O4S/c15-8-2-1-3-9(4-8)21-5-7-6-22-13-10(16)12(18)17(13)11(7)14(19)20/h1-4,10,13H,5-6,16H2,(H,19,20)/t10?,13-/m1/s1. The number of nitrogens with two attached hydrogens (primary N) is 1. The van der Waals surface area contributed by atoms with E-state index in [1.165, 1.54) is 34.9 Å². The molecule has 22 heavy (non-hydrogen) atoms. The number of benzene rings is 1. The molecule has 3 rings (SSSR count). The number of nitrogens with zero attached hydrogens (tertiary/aromatic N) is 1. The molecule has 1 aromatic rings. The fraction of sp³-hybridized carbons (Fsp3) is 0.286. The van der Waals surface area contributed by atoms with Gasteiger partial charge in [-0.25, -0.2) is 9.18 Å². The van der Waals surface area contributed by atoms with Crippen LogP contribution < -0.4 is 10.5 Å². The lowest BCUT2D eigenvalue weighted by molar-refractivity contribution is -0.148. The first-order valence-electron chi connectivity index (χ1n) is 6.53. The van der Waals surface area contributed by atoms with Gasteiger partial charge in [0.25, 0.3) is 0 Å². The number of thioether (sulfide) groups is 1. The second-order valence-corrected chi connectivity index (χ2v) is 6.04. The Kier molecular flexibility index (Phi) is 3.79. The number of carbonyl (C=O) groups excluding carboxylic acids is 1. The maximum Gasteiger partial charge on any atom is 0.352 e. The van der Waals surface area contributed by atoms with Crippen LogP contribution in [0.4, 0.5) is 4.39 Å². The van der Waals surface area contributed by atoms with E-state index in [1.54, 1.807) is 6.07 Å². The average Bonchev–Trinajstić information content (AvgIpc) is 2.51. The summed E-state index contributed by atoms with van der Waals surface area (Å²) in [6.07, 6.45) is 0. The first-order chi connectivity index (χ1) is 10.5. The number of halogens is 1. The molecule has 1 aromatic carbocycles. The Morgan fingerprint density at radius 3 is 3.00 bits per heavy atom. The summed E-state index contributed by atoms with van der Waals surface area (Å²) in [5.41, 5.74) is 6.06. The van der Waals surface area contributed by atoms with Crippen molar-refractivity contribution < 1.29 is 23.8 Å². The van der Waals surface area contributed by atoms with Crippen molar-refractivity contribution in [3.8, 4) is 5.75 Å². The molecule has 2 aliphatic heterocycles. The lowest BCUT2D eigenvalue weighted by atomic mass is 10.0. The van der Waals surface area contributed by atoms with Crippen LogP contribution in [-0.4, -0.2) is 45.7 Å². The number of amides is 1. The third-order valence-corrected chi connectivity index (χ3v) is 4.86. The number of hydrogen-bond acceptors (Lipinski definition) is 5. The zero-order chi connectivity index (χ0) is 15.9. The summed E-state index contributed by atoms with van der Waals surface area (Å²) >= 11 is 1.40. The van der Waals surface area contributed by atoms with Crippen molar-refractivity contribution in [2.24, 2.45) is 5.73 Å². The van der Waals surface area contributed by atoms with Crippen molar-refractivity contribution in [2.75, 3.05) is 12.4 Å². The van der Waals surface area contributed by atoms with Gasteiger partial charge < -0.3 is 15.6 Å². The Morgan fingerprint density at radius 1 is 1.55 bits per heavy atom. The van der Waals surface area contributed by atoms with Gasteiger partial charge in [0.15, 0.2) is 0 Å². The normalized spacial score (nSPS) is 23.9. The van der Waals surface area contributed by atoms with E-state index >= 15 is 0 Å². The average molecular weight is 324 g/mol. The van der Waals surface area contributed by atoms with Crippen LogP contribution in [0, 0.1) is 5.82 Å². The summed E-state index contributed by atoms with van der Waals surface area (Å²) in [7, 11) is 0. The van der Waals surface area contributed by atoms with E-state index in [2.05, 4.69) is 0 Å². The molecule has 116 valence electrons. The highest BCUT2D eigenvalue weighted by Gasteiger charge is 2.51. The maximum absolute atomic E-state index is 13.1. The molecule has 0 bridgehead atoms. The predicted octanol–water partition coefficient (Wildman–Crippen LogP) is 0.786. The number of aliphatic carboxylic acids is 1. The Bertz CT molecular complexity index is 679. The minimum Gasteiger partial charge on any atom is -0.489 e. The predicted molar refractivity (Wildman–Crippen MR) is 77.6 cm³/mol. The lowest BCUT2D eigenvalue weighted by Gasteiger charge is -2.47. The molecule has 1 saturated heterocycles. The molecule has 0 spiro atoms. The third kappa shape index (κ3) is 2.44. The zero-order valence-corrected chi connectivity index (χ0v) is 12.2. The van der Waals surface area contributed by atoms with Gasteiger partial charge in [-0.2, -0.15) is 0 Å². The summed E-state index contributed by atoms with van der Waals surface area (Å²) in [5, 5.41) is 9.02. The number of carboxylic acids is 1. The number of rotatable bonds is 4. The molecule has 0 aliphatic carbocycles. The van der Waals surface area contributed by atoms with Gasteiger partial charge in [-0.15, -0.1) is 11.8 Å². The molecule has 2 heterocycles. The van der Waals surface area contributed by atoms with E-state index in [4.69, 9.17) is 10.5 Å². The second-order valence-electron chi connectivity index (χ2n) is 4.94. The Balaban J connectivity index is 1.81. The zero-order valence-electron chi connectivity index (χ0n) is 11.4. The monoisotopic (exact) mass is 324 g/mol. The lowest BCUT2D eigenvalue weighted by Crippen LogP contribution is -2.68. The van der Waals surface area contributed by atoms with Crippen LogP contribution in [0.1, 0.15) is 0 Å². The minimum atomic E-state index is -1.19. The summed E-state index contributed by atoms with van der Waals surface area (Å²) in [4.78, 5) is 24.4. The Morgan fingerprint density at radius 2 is 2.32 bits per heavy atom. The second kappa shape index (κ2) is 5.62. The molecule has 0 radical (unpaired) electrons. The van der Waals surface area contributed by atoms with Crippen LogP contribution in [0.2, 0.25) is 0 Å². The van der Waals surface area contributed by atoms with Crippen molar-refractivity contribution in [3.63, 3.8) is 0 Å². The van der Waals surface area contributed by atoms with Crippen LogP contribution in [0.3, 0.4) is 0 Å². The number of fused-ring (bicyclic) bond motifs is 1. The molecule has 1 amide bonds. The largest absolute Gasteiger partial charge is 0.489 e. The van der Waals surface area contributed by atoms with E-state index in [0.29, 0.717) is 17.1 Å². The van der Waals surface area contributed by atoms with Gasteiger partial charge in [-0.1, -0.05) is 6.07 Å². The first-order valence-corrected chi connectivity index (χ1v) is 7.58. The SMILES string of the molecule is NC1C(=O)N2C(C(=O)O)=C(COc3cccc(F)c3)CS[C@H]12. The Labute approximate surface area is 129 Å². The van der Waals surface area contributed by atoms with Gasteiger partial charge in [-0.05, 0) is 12.1 Å². The van der Waals surface area contributed by atoms with Crippen LogP contribution in [0.15, 0.2) is 35.5 Å². The molecular formula is C14H13FN2O4S. The number of ether oxygens (including phenoxy) is 1. The third-order valence-electron chi connectivity index (χ3n) is 3.50. The number of hydrogen-bond donors (Lipinski definition) is 2. The van der Waals surface area contributed by atoms with Gasteiger partial charge in [0.2, 0.25) is 5.91 Å². The molecule has 0 saturated carbocycles. The van der Waals surface area contributed by atoms with Crippen LogP contribution in [-0.2, 0) is 9.59 Å². The van der Waals surface area contributed by atoms with Crippen LogP contribution in [0.5, 0.6) is 5.75 Å². The molecular weight excluding hydrogens is 311 g/mol. The maximum atomic E-state index is 13.1. The highest BCUT2D eigenvalue weighted by molar-refractivity contribution is 8.00. The summed E-state index contributed by atoms with van der Waals surface area (Å²) in [6.45, 7) is -0.0240. The molecule has 6 nitrogen and oxygen atoms in total. The van der Waals surface area contributed by atoms with Crippen molar-refractivity contribution in [1.29, 1.82) is 0 Å². The van der Waals surface area contributed by atoms with Gasteiger partial charge in [-0.3, -0.25) is 9.69 Å². The van der Waals surface area contributed by atoms with E-state index in [0.717, 1.165) is 0 Å². The van der Waals surface area contributed by atoms with Gasteiger partial charge >= 0.3 is 5.97 Å². The van der Waals surface area contributed by atoms with Crippen molar-refractivity contribution in [1.82, 2.24) is 4.90 Å². The molecule has 2 aliphatic rings. The van der Waals surface area contributed by atoms with E-state index in [9.17, 15) is 19.1 Å². The summed E-state index contributed by atoms with van der Waals surface area (Å²) < 4.78 is 18.5. The van der Waals surface area contributed by atoms with Gasteiger partial charge in [0, 0.05) is 17.4 Å². The van der Waals surface area contributed by atoms with E-state index < -0.39 is 23.7 Å². The van der Waals surface area contributed by atoms with E-state index in [1.807, 2.05) is 0 Å². The van der Waals surface area contributed by atoms with Crippen LogP contribution in [0.25, 0.3) is 0 Å². The fourth-order valence-corrected chi connectivity index (χ4v) is 3.69. The number of β-lactam (4-membered cyclic amide) rings is 1. The molecule has 1 fully saturated rings. The van der Waals surface area contributed by atoms with Crippen molar-refractivity contribution in [3.05, 3.63) is 41.4 Å². The highest BCUT2D eigenvalue weighted by Crippen LogP contribution is 2.39. The molecule has 1 unspecified atom stereocenters. The number of carboxylic acid groups (broad SMARTS) is 1. The Hall–Kier alpha value is -2.06. The van der Waals surface area contributed by atoms with Gasteiger partial charge in [0.05, 0.1) is 0 Å².